The number of ether oxygens (including phenoxy) is 1. The molecule has 4 nitrogen and oxygen atoms in total. The summed E-state index contributed by atoms with van der Waals surface area (Å²) in [6.45, 7) is 0.830. The average molecular weight is 441 g/mol. The van der Waals surface area contributed by atoms with Crippen LogP contribution in [0, 0.1) is 11.3 Å². The van der Waals surface area contributed by atoms with Gasteiger partial charge in [-0.1, -0.05) is 24.3 Å². The van der Waals surface area contributed by atoms with Crippen LogP contribution in [-0.4, -0.2) is 17.9 Å². The summed E-state index contributed by atoms with van der Waals surface area (Å²) < 4.78 is 6.85. The third kappa shape index (κ3) is 4.97. The highest BCUT2D eigenvalue weighted by molar-refractivity contribution is 9.11. The molecular formula is C21H17BrN2O2S. The Hall–Kier alpha value is -2.62. The van der Waals surface area contributed by atoms with Gasteiger partial charge in [0.2, 0.25) is 0 Å². The smallest absolute Gasteiger partial charge is 0.254 e. The molecule has 27 heavy (non-hydrogen) atoms. The lowest BCUT2D eigenvalue weighted by molar-refractivity contribution is 0.0786. The van der Waals surface area contributed by atoms with Crippen molar-refractivity contribution in [1.29, 1.82) is 5.26 Å². The number of rotatable bonds is 6. The summed E-state index contributed by atoms with van der Waals surface area (Å²) >= 11 is 5.05. The first-order valence-electron chi connectivity index (χ1n) is 8.27. The highest BCUT2D eigenvalue weighted by Gasteiger charge is 2.14. The Bertz CT molecular complexity index is 994. The molecule has 0 spiro atoms. The van der Waals surface area contributed by atoms with Crippen molar-refractivity contribution < 1.29 is 9.53 Å². The molecule has 0 saturated heterocycles. The zero-order chi connectivity index (χ0) is 19.2. The predicted molar refractivity (Wildman–Crippen MR) is 110 cm³/mol. The van der Waals surface area contributed by atoms with Gasteiger partial charge in [0.1, 0.15) is 12.4 Å². The van der Waals surface area contributed by atoms with Crippen molar-refractivity contribution in [1.82, 2.24) is 4.90 Å². The molecule has 0 radical (unpaired) electrons. The molecule has 3 aromatic rings. The maximum absolute atomic E-state index is 12.7. The van der Waals surface area contributed by atoms with Crippen LogP contribution in [0.15, 0.2) is 64.5 Å². The van der Waals surface area contributed by atoms with Crippen LogP contribution < -0.4 is 4.74 Å². The van der Waals surface area contributed by atoms with Crippen molar-refractivity contribution in [2.45, 2.75) is 13.2 Å². The van der Waals surface area contributed by atoms with Gasteiger partial charge in [0.15, 0.2) is 0 Å². The Balaban J connectivity index is 1.67. The Morgan fingerprint density at radius 1 is 1.19 bits per heavy atom. The summed E-state index contributed by atoms with van der Waals surface area (Å²) in [5, 5.41) is 9.16. The molecular weight excluding hydrogens is 424 g/mol. The van der Waals surface area contributed by atoms with Crippen LogP contribution in [0.3, 0.4) is 0 Å². The first-order chi connectivity index (χ1) is 13.1. The minimum absolute atomic E-state index is 0.0672. The fourth-order valence-corrected chi connectivity index (χ4v) is 4.13. The van der Waals surface area contributed by atoms with Crippen LogP contribution in [-0.2, 0) is 13.2 Å². The zero-order valence-electron chi connectivity index (χ0n) is 14.7. The van der Waals surface area contributed by atoms with E-state index in [1.807, 2.05) is 36.4 Å². The fraction of sp³-hybridized carbons (Fsp3) is 0.143. The minimum atomic E-state index is -0.0672. The molecule has 0 saturated carbocycles. The Morgan fingerprint density at radius 3 is 2.74 bits per heavy atom. The molecule has 3 rings (SSSR count). The summed E-state index contributed by atoms with van der Waals surface area (Å²) in [4.78, 5) is 15.5. The molecule has 6 heteroatoms. The number of halogens is 1. The molecule has 0 aliphatic heterocycles. The van der Waals surface area contributed by atoms with E-state index in [0.29, 0.717) is 23.4 Å². The molecule has 0 aliphatic rings. The van der Waals surface area contributed by atoms with Crippen LogP contribution in [0.1, 0.15) is 26.4 Å². The summed E-state index contributed by atoms with van der Waals surface area (Å²) in [7, 11) is 1.78. The topological polar surface area (TPSA) is 53.3 Å². The van der Waals surface area contributed by atoms with Crippen molar-refractivity contribution >= 4 is 33.2 Å². The van der Waals surface area contributed by atoms with Crippen LogP contribution in [0.4, 0.5) is 0 Å². The van der Waals surface area contributed by atoms with Gasteiger partial charge in [-0.25, -0.2) is 0 Å². The van der Waals surface area contributed by atoms with E-state index >= 15 is 0 Å². The fourth-order valence-electron chi connectivity index (χ4n) is 2.60. The van der Waals surface area contributed by atoms with Crippen LogP contribution in [0.25, 0.3) is 0 Å². The van der Waals surface area contributed by atoms with Crippen molar-refractivity contribution in [3.63, 3.8) is 0 Å². The maximum Gasteiger partial charge on any atom is 0.254 e. The summed E-state index contributed by atoms with van der Waals surface area (Å²) in [6, 6.07) is 20.6. The van der Waals surface area contributed by atoms with E-state index in [2.05, 4.69) is 22.0 Å². The summed E-state index contributed by atoms with van der Waals surface area (Å²) in [5.41, 5.74) is 1.97. The van der Waals surface area contributed by atoms with E-state index in [-0.39, 0.29) is 12.5 Å². The average Bonchev–Trinajstić information content (AvgIpc) is 3.10. The molecule has 1 heterocycles. The molecule has 136 valence electrons. The number of nitriles is 1. The van der Waals surface area contributed by atoms with Gasteiger partial charge in [-0.3, -0.25) is 4.79 Å². The van der Waals surface area contributed by atoms with E-state index in [0.717, 1.165) is 14.2 Å². The molecule has 1 amide bonds. The van der Waals surface area contributed by atoms with E-state index in [1.165, 1.54) is 0 Å². The number of thiophene rings is 1. The second-order valence-electron chi connectivity index (χ2n) is 5.95. The second-order valence-corrected chi connectivity index (χ2v) is 8.50. The second kappa shape index (κ2) is 8.85. The predicted octanol–water partition coefficient (Wildman–Crippen LogP) is 5.23. The van der Waals surface area contributed by atoms with Crippen LogP contribution in [0.2, 0.25) is 0 Å². The monoisotopic (exact) mass is 440 g/mol. The number of nitrogens with zero attached hydrogens (tertiary/aromatic N) is 2. The maximum atomic E-state index is 12.7. The van der Waals surface area contributed by atoms with Gasteiger partial charge in [-0.2, -0.15) is 5.26 Å². The molecule has 1 aromatic heterocycles. The highest BCUT2D eigenvalue weighted by Crippen LogP contribution is 2.24. The normalized spacial score (nSPS) is 10.3. The molecule has 0 aliphatic carbocycles. The van der Waals surface area contributed by atoms with E-state index in [9.17, 15) is 4.79 Å². The number of amides is 1. The first kappa shape index (κ1) is 19.2. The van der Waals surface area contributed by atoms with Gasteiger partial charge >= 0.3 is 0 Å². The van der Waals surface area contributed by atoms with E-state index in [4.69, 9.17) is 10.00 Å². The lowest BCUT2D eigenvalue weighted by Gasteiger charge is -2.17. The van der Waals surface area contributed by atoms with Crippen molar-refractivity contribution in [2.75, 3.05) is 7.05 Å². The van der Waals surface area contributed by atoms with Gasteiger partial charge in [0, 0.05) is 23.1 Å². The van der Waals surface area contributed by atoms with E-state index in [1.54, 1.807) is 47.5 Å². The molecule has 2 aromatic carbocycles. The van der Waals surface area contributed by atoms with Crippen LogP contribution >= 0.6 is 27.3 Å². The molecule has 0 N–H and O–H groups in total. The van der Waals surface area contributed by atoms with Crippen LogP contribution in [0.5, 0.6) is 5.75 Å². The molecule has 0 unspecified atom stereocenters. The van der Waals surface area contributed by atoms with Gasteiger partial charge in [0.05, 0.1) is 22.0 Å². The zero-order valence-corrected chi connectivity index (χ0v) is 17.1. The number of hydrogen-bond acceptors (Lipinski definition) is 4. The largest absolute Gasteiger partial charge is 0.489 e. The highest BCUT2D eigenvalue weighted by atomic mass is 79.9. The van der Waals surface area contributed by atoms with E-state index < -0.39 is 0 Å². The lowest BCUT2D eigenvalue weighted by Crippen LogP contribution is -2.25. The summed E-state index contributed by atoms with van der Waals surface area (Å²) in [6.07, 6.45) is 0. The molecule has 0 fully saturated rings. The third-order valence-corrected chi connectivity index (χ3v) is 5.59. The molecule has 0 atom stereocenters. The quantitative estimate of drug-likeness (QED) is 0.526. The summed E-state index contributed by atoms with van der Waals surface area (Å²) in [5.74, 6) is 0.531. The number of benzene rings is 2. The first-order valence-corrected chi connectivity index (χ1v) is 9.88. The SMILES string of the molecule is CN(Cc1ccc(Br)s1)C(=O)c1cccc(OCc2ccccc2C#N)c1. The third-order valence-electron chi connectivity index (χ3n) is 3.98. The minimum Gasteiger partial charge on any atom is -0.489 e. The Labute approximate surface area is 170 Å². The standard InChI is InChI=1S/C21H17BrN2O2S/c1-24(13-19-9-10-20(22)27-19)21(25)15-7-4-8-18(11-15)26-14-17-6-3-2-5-16(17)12-23/h2-11H,13-14H2,1H3. The van der Waals surface area contributed by atoms with Crippen molar-refractivity contribution in [3.8, 4) is 11.8 Å². The number of carbonyl (C=O) groups is 1. The van der Waals surface area contributed by atoms with Gasteiger partial charge < -0.3 is 9.64 Å². The van der Waals surface area contributed by atoms with Gasteiger partial charge in [-0.15, -0.1) is 11.3 Å². The number of carbonyl (C=O) groups excluding carboxylic acids is 1. The Kier molecular flexibility index (Phi) is 6.28. The molecule has 0 bridgehead atoms. The Morgan fingerprint density at radius 2 is 2.00 bits per heavy atom. The van der Waals surface area contributed by atoms with Crippen molar-refractivity contribution in [3.05, 3.63) is 86.0 Å². The van der Waals surface area contributed by atoms with Crippen molar-refractivity contribution in [2.24, 2.45) is 0 Å². The van der Waals surface area contributed by atoms with Gasteiger partial charge in [0.25, 0.3) is 5.91 Å². The number of hydrogen-bond donors (Lipinski definition) is 0. The lowest BCUT2D eigenvalue weighted by atomic mass is 10.1. The van der Waals surface area contributed by atoms with Gasteiger partial charge in [-0.05, 0) is 52.3 Å².